The van der Waals surface area contributed by atoms with E-state index in [1.54, 1.807) is 26.4 Å². The van der Waals surface area contributed by atoms with Crippen LogP contribution in [0.2, 0.25) is 0 Å². The molecule has 5 nitrogen and oxygen atoms in total. The van der Waals surface area contributed by atoms with Crippen LogP contribution in [0.15, 0.2) is 42.5 Å². The molecule has 0 aliphatic rings. The van der Waals surface area contributed by atoms with Crippen molar-refractivity contribution in [3.05, 3.63) is 53.6 Å². The van der Waals surface area contributed by atoms with Crippen molar-refractivity contribution in [3.8, 4) is 11.5 Å². The average Bonchev–Trinajstić information content (AvgIpc) is 2.68. The van der Waals surface area contributed by atoms with E-state index < -0.39 is 0 Å². The summed E-state index contributed by atoms with van der Waals surface area (Å²) in [5.74, 6) is 1.01. The Morgan fingerprint density at radius 3 is 2.35 bits per heavy atom. The fourth-order valence-corrected chi connectivity index (χ4v) is 2.87. The van der Waals surface area contributed by atoms with E-state index >= 15 is 0 Å². The highest BCUT2D eigenvalue weighted by molar-refractivity contribution is 5.74. The summed E-state index contributed by atoms with van der Waals surface area (Å²) in [6.45, 7) is 6.30. The lowest BCUT2D eigenvalue weighted by Crippen LogP contribution is -2.23. The van der Waals surface area contributed by atoms with Crippen LogP contribution in [0.5, 0.6) is 11.5 Å². The van der Waals surface area contributed by atoms with E-state index in [-0.39, 0.29) is 19.0 Å². The minimum Gasteiger partial charge on any atom is -0.497 e. The van der Waals surface area contributed by atoms with Gasteiger partial charge in [0.05, 0.1) is 20.6 Å². The molecule has 0 atom stereocenters. The van der Waals surface area contributed by atoms with Crippen molar-refractivity contribution in [2.75, 3.05) is 32.2 Å². The van der Waals surface area contributed by atoms with Crippen molar-refractivity contribution in [1.29, 1.82) is 0 Å². The molecule has 0 aromatic heterocycles. The third kappa shape index (κ3) is 4.91. The van der Waals surface area contributed by atoms with Gasteiger partial charge in [0.25, 0.3) is 0 Å². The Bertz CT molecular complexity index is 726. The van der Waals surface area contributed by atoms with Gasteiger partial charge in [-0.05, 0) is 26.0 Å². The summed E-state index contributed by atoms with van der Waals surface area (Å²) >= 11 is 0. The first-order valence-electron chi connectivity index (χ1n) is 8.82. The number of ether oxygens (including phenoxy) is 3. The number of para-hydroxylation sites is 1. The Kier molecular flexibility index (Phi) is 7.33. The molecule has 26 heavy (non-hydrogen) atoms. The van der Waals surface area contributed by atoms with Crippen molar-refractivity contribution < 1.29 is 19.0 Å². The highest BCUT2D eigenvalue weighted by atomic mass is 16.5. The Balaban J connectivity index is 2.04. The monoisotopic (exact) mass is 357 g/mol. The Labute approximate surface area is 155 Å². The predicted octanol–water partition coefficient (Wildman–Crippen LogP) is 3.84. The fourth-order valence-electron chi connectivity index (χ4n) is 2.87. The van der Waals surface area contributed by atoms with Gasteiger partial charge in [-0.3, -0.25) is 4.79 Å². The highest BCUT2D eigenvalue weighted by Crippen LogP contribution is 2.26. The van der Waals surface area contributed by atoms with E-state index in [9.17, 15) is 4.79 Å². The lowest BCUT2D eigenvalue weighted by Gasteiger charge is -2.24. The number of benzene rings is 2. The molecule has 2 aromatic rings. The van der Waals surface area contributed by atoms with Crippen LogP contribution in [0.25, 0.3) is 0 Å². The number of rotatable bonds is 9. The quantitative estimate of drug-likeness (QED) is 0.638. The number of nitrogens with zero attached hydrogens (tertiary/aromatic N) is 1. The third-order valence-electron chi connectivity index (χ3n) is 4.31. The zero-order valence-corrected chi connectivity index (χ0v) is 16.0. The smallest absolute Gasteiger partial charge is 0.310 e. The molecule has 0 fully saturated rings. The van der Waals surface area contributed by atoms with Crippen molar-refractivity contribution in [2.45, 2.75) is 26.9 Å². The van der Waals surface area contributed by atoms with Gasteiger partial charge < -0.3 is 19.1 Å². The minimum atomic E-state index is -0.289. The summed E-state index contributed by atoms with van der Waals surface area (Å²) < 4.78 is 16.0. The summed E-state index contributed by atoms with van der Waals surface area (Å²) in [6.07, 6.45) is 0.153. The van der Waals surface area contributed by atoms with Crippen LogP contribution in [-0.2, 0) is 22.6 Å². The van der Waals surface area contributed by atoms with Gasteiger partial charge in [-0.15, -0.1) is 0 Å². The first kappa shape index (κ1) is 19.6. The van der Waals surface area contributed by atoms with E-state index in [2.05, 4.69) is 24.8 Å². The van der Waals surface area contributed by atoms with Gasteiger partial charge in [-0.2, -0.15) is 0 Å². The number of hydrogen-bond acceptors (Lipinski definition) is 5. The summed E-state index contributed by atoms with van der Waals surface area (Å²) in [5.41, 5.74) is 2.88. The highest BCUT2D eigenvalue weighted by Gasteiger charge is 2.13. The standard InChI is InChI=1S/C21H27NO4/c1-5-22(6-2)19-10-8-7-9-17(19)15-26-21(23)13-16-11-12-18(24-3)14-20(16)25-4/h7-12,14H,5-6,13,15H2,1-4H3. The minimum absolute atomic E-state index is 0.153. The molecule has 0 spiro atoms. The Hall–Kier alpha value is -2.69. The first-order chi connectivity index (χ1) is 12.6. The molecule has 0 saturated heterocycles. The van der Waals surface area contributed by atoms with Crippen LogP contribution >= 0.6 is 0 Å². The van der Waals surface area contributed by atoms with Gasteiger partial charge in [0, 0.05) is 36.0 Å². The number of methoxy groups -OCH3 is 2. The van der Waals surface area contributed by atoms with E-state index in [1.807, 2.05) is 24.3 Å². The lowest BCUT2D eigenvalue weighted by atomic mass is 10.1. The largest absolute Gasteiger partial charge is 0.497 e. The molecule has 0 unspecified atom stereocenters. The molecule has 0 radical (unpaired) electrons. The van der Waals surface area contributed by atoms with Crippen LogP contribution < -0.4 is 14.4 Å². The molecule has 140 valence electrons. The molecular formula is C21H27NO4. The third-order valence-corrected chi connectivity index (χ3v) is 4.31. The maximum atomic E-state index is 12.3. The second-order valence-corrected chi connectivity index (χ2v) is 5.82. The van der Waals surface area contributed by atoms with Gasteiger partial charge >= 0.3 is 5.97 Å². The van der Waals surface area contributed by atoms with Gasteiger partial charge in [0.15, 0.2) is 0 Å². The predicted molar refractivity (Wildman–Crippen MR) is 103 cm³/mol. The molecule has 2 rings (SSSR count). The van der Waals surface area contributed by atoms with E-state index in [0.717, 1.165) is 29.9 Å². The van der Waals surface area contributed by atoms with Gasteiger partial charge in [-0.1, -0.05) is 24.3 Å². The van der Waals surface area contributed by atoms with Gasteiger partial charge in [0.1, 0.15) is 18.1 Å². The zero-order valence-electron chi connectivity index (χ0n) is 16.0. The lowest BCUT2D eigenvalue weighted by molar-refractivity contribution is -0.144. The summed E-state index contributed by atoms with van der Waals surface area (Å²) in [5, 5.41) is 0. The molecule has 5 heteroatoms. The van der Waals surface area contributed by atoms with Gasteiger partial charge in [0.2, 0.25) is 0 Å². The van der Waals surface area contributed by atoms with Crippen LogP contribution in [0.3, 0.4) is 0 Å². The molecule has 0 N–H and O–H groups in total. The van der Waals surface area contributed by atoms with Crippen LogP contribution in [0.4, 0.5) is 5.69 Å². The fraction of sp³-hybridized carbons (Fsp3) is 0.381. The van der Waals surface area contributed by atoms with Crippen molar-refractivity contribution in [1.82, 2.24) is 0 Å². The molecule has 0 aliphatic carbocycles. The number of esters is 1. The molecule has 0 bridgehead atoms. The summed E-state index contributed by atoms with van der Waals surface area (Å²) in [6, 6.07) is 13.4. The van der Waals surface area contributed by atoms with Crippen LogP contribution in [-0.4, -0.2) is 33.3 Å². The maximum Gasteiger partial charge on any atom is 0.310 e. The number of carbonyl (C=O) groups is 1. The van der Waals surface area contributed by atoms with Gasteiger partial charge in [-0.25, -0.2) is 0 Å². The zero-order chi connectivity index (χ0) is 18.9. The Morgan fingerprint density at radius 2 is 1.69 bits per heavy atom. The number of carbonyl (C=O) groups excluding carboxylic acids is 1. The summed E-state index contributed by atoms with van der Waals surface area (Å²) in [7, 11) is 3.17. The van der Waals surface area contributed by atoms with Crippen molar-refractivity contribution in [3.63, 3.8) is 0 Å². The SMILES string of the molecule is CCN(CC)c1ccccc1COC(=O)Cc1ccc(OC)cc1OC. The molecule has 2 aromatic carbocycles. The Morgan fingerprint density at radius 1 is 0.962 bits per heavy atom. The van der Waals surface area contributed by atoms with Crippen molar-refractivity contribution in [2.24, 2.45) is 0 Å². The first-order valence-corrected chi connectivity index (χ1v) is 8.82. The van der Waals surface area contributed by atoms with E-state index in [1.165, 1.54) is 0 Å². The molecular weight excluding hydrogens is 330 g/mol. The average molecular weight is 357 g/mol. The molecule has 0 heterocycles. The molecule has 0 amide bonds. The second kappa shape index (κ2) is 9.70. The maximum absolute atomic E-state index is 12.3. The molecule has 0 aliphatic heterocycles. The number of hydrogen-bond donors (Lipinski definition) is 0. The topological polar surface area (TPSA) is 48.0 Å². The molecule has 0 saturated carbocycles. The van der Waals surface area contributed by atoms with Crippen LogP contribution in [0, 0.1) is 0 Å². The van der Waals surface area contributed by atoms with Crippen molar-refractivity contribution >= 4 is 11.7 Å². The van der Waals surface area contributed by atoms with Crippen LogP contribution in [0.1, 0.15) is 25.0 Å². The normalized spacial score (nSPS) is 10.3. The summed E-state index contributed by atoms with van der Waals surface area (Å²) in [4.78, 5) is 14.6. The van der Waals surface area contributed by atoms with E-state index in [4.69, 9.17) is 14.2 Å². The van der Waals surface area contributed by atoms with E-state index in [0.29, 0.717) is 11.5 Å². The number of anilines is 1. The second-order valence-electron chi connectivity index (χ2n) is 5.82.